The number of halogens is 1. The average molecular weight is 1510 g/mol. The molecule has 0 saturated carbocycles. The minimum absolute atomic E-state index is 0.00409. The summed E-state index contributed by atoms with van der Waals surface area (Å²) >= 11 is 2.01. The molecule has 28 heteroatoms. The maximum absolute atomic E-state index is 14.3. The number of anilines is 1. The predicted molar refractivity (Wildman–Crippen MR) is 378 cm³/mol. The third-order valence-electron chi connectivity index (χ3n) is 16.8. The Kier molecular flexibility index (Phi) is 34.5. The number of rotatable bonds is 48. The first kappa shape index (κ1) is 80.2. The summed E-state index contributed by atoms with van der Waals surface area (Å²) in [4.78, 5) is 102. The van der Waals surface area contributed by atoms with Crippen molar-refractivity contribution >= 4 is 81.5 Å². The average Bonchev–Trinajstić information content (AvgIpc) is 1.59. The van der Waals surface area contributed by atoms with Crippen molar-refractivity contribution in [1.82, 2.24) is 20.4 Å². The lowest BCUT2D eigenvalue weighted by molar-refractivity contribution is -0.133. The van der Waals surface area contributed by atoms with Crippen LogP contribution in [-0.4, -0.2) is 231 Å². The summed E-state index contributed by atoms with van der Waals surface area (Å²) in [5, 5.41) is 17.5. The summed E-state index contributed by atoms with van der Waals surface area (Å²) in [6, 6.07) is 11.5. The van der Waals surface area contributed by atoms with Crippen LogP contribution in [0, 0.1) is 11.8 Å². The van der Waals surface area contributed by atoms with Gasteiger partial charge in [-0.2, -0.15) is 0 Å². The summed E-state index contributed by atoms with van der Waals surface area (Å²) in [6.07, 6.45) is 6.01. The third-order valence-corrected chi connectivity index (χ3v) is 17.5. The van der Waals surface area contributed by atoms with Gasteiger partial charge in [0, 0.05) is 62.5 Å². The number of unbranched alkanes of at least 4 members (excludes halogenated alkanes) is 2. The Morgan fingerprint density at radius 1 is 0.620 bits per heavy atom. The van der Waals surface area contributed by atoms with Crippen LogP contribution in [0.1, 0.15) is 111 Å². The Morgan fingerprint density at radius 2 is 1.13 bits per heavy atom. The highest BCUT2D eigenvalue weighted by molar-refractivity contribution is 14.1. The molecule has 27 nitrogen and oxygen atoms in total. The van der Waals surface area contributed by atoms with Crippen molar-refractivity contribution in [1.29, 1.82) is 0 Å². The van der Waals surface area contributed by atoms with Gasteiger partial charge in [0.05, 0.1) is 178 Å². The minimum atomic E-state index is -1.51. The van der Waals surface area contributed by atoms with Crippen molar-refractivity contribution in [3.63, 3.8) is 0 Å². The Hall–Kier alpha value is -7.13. The molecule has 0 spiro atoms. The standard InChI is InChI=1S/C72H99IN6O21/c1-48(2)56(38-55(80)15-19-90-21-23-92-25-27-94-29-31-96-33-34-97-32-30-95-28-26-93-24-22-91-20-16-74-67(82)43-73)68(83)76-51(5)62(81)37-52-11-13-53(14-12-52)47-100-72(87)79-60-42-66(64(89-7)40-58(60)70(85)78-46-50(4)36-61(78)71(79)86)99-18-10-8-9-17-98-65-41-59-57(39-63(65)88-6)69(84)77-45-49(3)35-54(77)44-75-59/h11-14,39-42,44-46,48,51,54,56,61,71,86H,8-10,15-38,43,47H2,1-7H3,(H,74,82)(H,76,83)/t51-,54-,56-,61-,71-/m0/s1. The molecule has 4 aliphatic heterocycles. The molecule has 0 radical (unpaired) electrons. The van der Waals surface area contributed by atoms with Gasteiger partial charge in [-0.05, 0) is 82.1 Å². The van der Waals surface area contributed by atoms with E-state index < -0.39 is 42.1 Å². The van der Waals surface area contributed by atoms with Crippen LogP contribution in [0.15, 0.2) is 77.1 Å². The minimum Gasteiger partial charge on any atom is -0.493 e. The second-order valence-corrected chi connectivity index (χ2v) is 25.5. The first-order chi connectivity index (χ1) is 48.4. The van der Waals surface area contributed by atoms with Crippen LogP contribution in [-0.2, 0) is 74.8 Å². The number of hydrogen-bond acceptors (Lipinski definition) is 22. The molecule has 5 amide bonds. The number of hydrogen-bond donors (Lipinski definition) is 3. The van der Waals surface area contributed by atoms with Crippen molar-refractivity contribution in [3.8, 4) is 23.0 Å². The molecule has 7 rings (SSSR count). The number of nitrogens with one attached hydrogen (secondary N) is 2. The first-order valence-electron chi connectivity index (χ1n) is 34.2. The van der Waals surface area contributed by atoms with Gasteiger partial charge >= 0.3 is 6.09 Å². The van der Waals surface area contributed by atoms with Gasteiger partial charge < -0.3 is 87.1 Å². The molecular formula is C72H99IN6O21. The van der Waals surface area contributed by atoms with Crippen LogP contribution < -0.4 is 34.5 Å². The van der Waals surface area contributed by atoms with Crippen molar-refractivity contribution in [2.45, 2.75) is 117 Å². The fourth-order valence-corrected chi connectivity index (χ4v) is 11.5. The van der Waals surface area contributed by atoms with Gasteiger partial charge in [-0.3, -0.25) is 33.8 Å². The zero-order valence-electron chi connectivity index (χ0n) is 58.6. The molecule has 4 aliphatic rings. The number of ketones is 2. The fourth-order valence-electron chi connectivity index (χ4n) is 11.3. The molecule has 4 heterocycles. The number of methoxy groups -OCH3 is 2. The molecule has 3 N–H and O–H groups in total. The number of amides is 5. The Labute approximate surface area is 599 Å². The number of Topliss-reactive ketones (excluding diaryl/α,β-unsaturated/α-hetero) is 2. The number of aliphatic imine (C=N–C) groups is 1. The number of aliphatic hydroxyl groups excluding tert-OH is 1. The Morgan fingerprint density at radius 3 is 1.69 bits per heavy atom. The zero-order valence-corrected chi connectivity index (χ0v) is 60.8. The maximum atomic E-state index is 14.3. The van der Waals surface area contributed by atoms with Gasteiger partial charge in [-0.15, -0.1) is 0 Å². The van der Waals surface area contributed by atoms with Crippen LogP contribution in [0.5, 0.6) is 23.0 Å². The molecule has 100 heavy (non-hydrogen) atoms. The Bertz CT molecular complexity index is 3260. The molecule has 3 aromatic rings. The van der Waals surface area contributed by atoms with Gasteiger partial charge in [0.25, 0.3) is 11.8 Å². The fraction of sp³-hybridized carbons (Fsp3) is 0.583. The highest BCUT2D eigenvalue weighted by Gasteiger charge is 2.45. The largest absolute Gasteiger partial charge is 0.493 e. The van der Waals surface area contributed by atoms with E-state index in [9.17, 15) is 38.7 Å². The predicted octanol–water partition coefficient (Wildman–Crippen LogP) is 7.68. The van der Waals surface area contributed by atoms with Gasteiger partial charge in [0.15, 0.2) is 35.0 Å². The number of ether oxygens (including phenoxy) is 13. The summed E-state index contributed by atoms with van der Waals surface area (Å²) in [6.45, 7) is 16.4. The summed E-state index contributed by atoms with van der Waals surface area (Å²) in [7, 11) is 2.98. The van der Waals surface area contributed by atoms with Crippen molar-refractivity contribution < 1.29 is 100 Å². The molecule has 0 bridgehead atoms. The van der Waals surface area contributed by atoms with E-state index in [1.807, 2.05) is 56.5 Å². The monoisotopic (exact) mass is 1510 g/mol. The molecule has 0 fully saturated rings. The van der Waals surface area contributed by atoms with Gasteiger partial charge in [-0.25, -0.2) is 9.69 Å². The summed E-state index contributed by atoms with van der Waals surface area (Å²) in [5.41, 5.74) is 4.30. The summed E-state index contributed by atoms with van der Waals surface area (Å²) < 4.78 is 74.0. The zero-order chi connectivity index (χ0) is 71.8. The van der Waals surface area contributed by atoms with Crippen LogP contribution in [0.4, 0.5) is 16.2 Å². The van der Waals surface area contributed by atoms with Crippen molar-refractivity contribution in [3.05, 3.63) is 94.3 Å². The number of fused-ring (bicyclic) bond motifs is 4. The van der Waals surface area contributed by atoms with Gasteiger partial charge in [-0.1, -0.05) is 71.9 Å². The molecule has 3 aromatic carbocycles. The molecule has 0 saturated heterocycles. The second-order valence-electron chi connectivity index (χ2n) is 24.7. The molecule has 0 unspecified atom stereocenters. The highest BCUT2D eigenvalue weighted by Crippen LogP contribution is 2.43. The molecule has 0 aliphatic carbocycles. The van der Waals surface area contributed by atoms with E-state index in [2.05, 4.69) is 15.6 Å². The second kappa shape index (κ2) is 43.0. The molecule has 550 valence electrons. The van der Waals surface area contributed by atoms with Crippen molar-refractivity contribution in [2.24, 2.45) is 16.8 Å². The number of carbonyl (C=O) groups excluding carboxylic acids is 7. The lowest BCUT2D eigenvalue weighted by atomic mass is 9.88. The van der Waals surface area contributed by atoms with E-state index in [-0.39, 0.29) is 104 Å². The molecular weight excluding hydrogens is 1410 g/mol. The first-order valence-corrected chi connectivity index (χ1v) is 35.7. The van der Waals surface area contributed by atoms with Gasteiger partial charge in [0.2, 0.25) is 11.8 Å². The van der Waals surface area contributed by atoms with Crippen LogP contribution in [0.3, 0.4) is 0 Å². The number of nitrogens with zero attached hydrogens (tertiary/aromatic N) is 4. The molecule has 5 atom stereocenters. The topological polar surface area (TPSA) is 306 Å². The number of aliphatic hydroxyl groups is 1. The van der Waals surface area contributed by atoms with E-state index in [1.54, 1.807) is 60.6 Å². The highest BCUT2D eigenvalue weighted by atomic mass is 127. The third kappa shape index (κ3) is 25.1. The smallest absolute Gasteiger partial charge is 0.416 e. The van der Waals surface area contributed by atoms with Crippen LogP contribution in [0.2, 0.25) is 0 Å². The van der Waals surface area contributed by atoms with E-state index in [0.29, 0.717) is 170 Å². The van der Waals surface area contributed by atoms with E-state index >= 15 is 0 Å². The van der Waals surface area contributed by atoms with E-state index in [1.165, 1.54) is 31.3 Å². The quantitative estimate of drug-likeness (QED) is 0.0277. The normalized spacial score (nSPS) is 16.7. The van der Waals surface area contributed by atoms with Crippen molar-refractivity contribution in [2.75, 3.05) is 149 Å². The van der Waals surface area contributed by atoms with Gasteiger partial charge in [0.1, 0.15) is 12.4 Å². The van der Waals surface area contributed by atoms with E-state index in [4.69, 9.17) is 61.6 Å². The molecule has 0 aromatic heterocycles. The lowest BCUT2D eigenvalue weighted by Crippen LogP contribution is -2.50. The SMILES string of the molecule is COc1cc2c(cc1OCCCCCOc1cc3c(cc1OC)C(=O)N1C=C(C)C[C@H]1[C@H](O)N3C(=O)OCc1ccc(CC(=O)[C@H](C)NC(=O)[C@@H](CC(=O)CCOCCOCCOCCOCCOCCOCCOCCOCCNC(=O)CI)C(C)C)cc1)N=C[C@@H]1CC(C)=CN1C2=O. The summed E-state index contributed by atoms with van der Waals surface area (Å²) in [5.74, 6) is -0.808. The number of alkyl halides is 1. The Balaban J connectivity index is 0.757. The maximum Gasteiger partial charge on any atom is 0.416 e. The number of carbonyl (C=O) groups is 7. The lowest BCUT2D eigenvalue weighted by Gasteiger charge is -2.31. The van der Waals surface area contributed by atoms with Crippen LogP contribution in [0.25, 0.3) is 0 Å². The van der Waals surface area contributed by atoms with E-state index in [0.717, 1.165) is 22.5 Å². The van der Waals surface area contributed by atoms with Crippen LogP contribution >= 0.6 is 22.6 Å². The number of benzene rings is 3.